The first-order valence-corrected chi connectivity index (χ1v) is 11.5. The third kappa shape index (κ3) is 4.22. The van der Waals surface area contributed by atoms with Gasteiger partial charge in [-0.05, 0) is 66.4 Å². The van der Waals surface area contributed by atoms with Crippen LogP contribution in [0.1, 0.15) is 39.7 Å². The minimum Gasteiger partial charge on any atom is -0.383 e. The molecule has 34 heavy (non-hydrogen) atoms. The van der Waals surface area contributed by atoms with Gasteiger partial charge in [0.1, 0.15) is 5.82 Å². The number of carbonyl (C=O) groups is 1. The molecule has 6 heteroatoms. The van der Waals surface area contributed by atoms with Crippen LogP contribution in [0.5, 0.6) is 0 Å². The standard InChI is InChI=1S/C28H27N5O/c1-3-19-8-10-23(30-14-19)17-33(16-22-15-31-26-7-5-4-6-24(22)26)28(34)20-9-11-25-21(13-20)12-18(2)27(29)32-25/h4-15,31H,3,16-17H2,1-2H3,(H2,29,32). The van der Waals surface area contributed by atoms with Crippen molar-refractivity contribution in [2.45, 2.75) is 33.4 Å². The molecule has 6 nitrogen and oxygen atoms in total. The fourth-order valence-electron chi connectivity index (χ4n) is 4.23. The van der Waals surface area contributed by atoms with Gasteiger partial charge in [-0.25, -0.2) is 4.98 Å². The van der Waals surface area contributed by atoms with Crippen LogP contribution in [0.4, 0.5) is 5.82 Å². The van der Waals surface area contributed by atoms with Crippen LogP contribution in [0.3, 0.4) is 0 Å². The smallest absolute Gasteiger partial charge is 0.254 e. The number of nitrogens with two attached hydrogens (primary N) is 1. The number of carbonyl (C=O) groups excluding carboxylic acids is 1. The van der Waals surface area contributed by atoms with Crippen LogP contribution >= 0.6 is 0 Å². The zero-order valence-corrected chi connectivity index (χ0v) is 19.4. The second kappa shape index (κ2) is 8.98. The lowest BCUT2D eigenvalue weighted by molar-refractivity contribution is 0.0729. The van der Waals surface area contributed by atoms with Crippen LogP contribution in [0.2, 0.25) is 0 Å². The number of benzene rings is 2. The highest BCUT2D eigenvalue weighted by atomic mass is 16.2. The molecule has 0 saturated heterocycles. The first-order chi connectivity index (χ1) is 16.5. The molecule has 0 aliphatic carbocycles. The Balaban J connectivity index is 1.51. The molecule has 0 aliphatic rings. The van der Waals surface area contributed by atoms with Gasteiger partial charge in [-0.15, -0.1) is 0 Å². The molecule has 0 fully saturated rings. The summed E-state index contributed by atoms with van der Waals surface area (Å²) in [7, 11) is 0. The largest absolute Gasteiger partial charge is 0.383 e. The number of anilines is 1. The topological polar surface area (TPSA) is 87.9 Å². The number of aromatic amines is 1. The van der Waals surface area contributed by atoms with Gasteiger partial charge in [-0.2, -0.15) is 0 Å². The number of para-hydroxylation sites is 1. The zero-order valence-electron chi connectivity index (χ0n) is 19.4. The number of rotatable bonds is 6. The second-order valence-corrected chi connectivity index (χ2v) is 8.63. The number of amides is 1. The van der Waals surface area contributed by atoms with Gasteiger partial charge in [-0.1, -0.05) is 31.2 Å². The van der Waals surface area contributed by atoms with E-state index in [1.165, 1.54) is 5.56 Å². The fraction of sp³-hybridized carbons (Fsp3) is 0.179. The molecule has 3 heterocycles. The first-order valence-electron chi connectivity index (χ1n) is 11.5. The minimum atomic E-state index is -0.0528. The van der Waals surface area contributed by atoms with Crippen molar-refractivity contribution in [3.63, 3.8) is 0 Å². The lowest BCUT2D eigenvalue weighted by atomic mass is 10.1. The molecular formula is C28H27N5O. The molecular weight excluding hydrogens is 422 g/mol. The van der Waals surface area contributed by atoms with E-state index in [0.717, 1.165) is 45.0 Å². The average Bonchev–Trinajstić information content (AvgIpc) is 3.27. The normalized spacial score (nSPS) is 11.2. The van der Waals surface area contributed by atoms with E-state index >= 15 is 0 Å². The Morgan fingerprint density at radius 3 is 2.71 bits per heavy atom. The molecule has 5 rings (SSSR count). The van der Waals surface area contributed by atoms with Crippen LogP contribution in [-0.2, 0) is 19.5 Å². The molecule has 0 spiro atoms. The molecule has 2 aromatic carbocycles. The van der Waals surface area contributed by atoms with Crippen LogP contribution in [0, 0.1) is 6.92 Å². The highest BCUT2D eigenvalue weighted by Gasteiger charge is 2.20. The average molecular weight is 450 g/mol. The van der Waals surface area contributed by atoms with E-state index in [-0.39, 0.29) is 5.91 Å². The van der Waals surface area contributed by atoms with Gasteiger partial charge in [0, 0.05) is 40.8 Å². The maximum Gasteiger partial charge on any atom is 0.254 e. The summed E-state index contributed by atoms with van der Waals surface area (Å²) in [5.74, 6) is 0.456. The van der Waals surface area contributed by atoms with Crippen LogP contribution < -0.4 is 5.73 Å². The van der Waals surface area contributed by atoms with E-state index in [0.29, 0.717) is 24.5 Å². The van der Waals surface area contributed by atoms with E-state index < -0.39 is 0 Å². The summed E-state index contributed by atoms with van der Waals surface area (Å²) < 4.78 is 0. The summed E-state index contributed by atoms with van der Waals surface area (Å²) in [6.45, 7) is 4.91. The van der Waals surface area contributed by atoms with Crippen molar-refractivity contribution in [2.75, 3.05) is 5.73 Å². The predicted octanol–water partition coefficient (Wildman–Crippen LogP) is 5.41. The zero-order chi connectivity index (χ0) is 23.7. The number of hydrogen-bond acceptors (Lipinski definition) is 4. The Kier molecular flexibility index (Phi) is 5.72. The van der Waals surface area contributed by atoms with Crippen molar-refractivity contribution in [1.82, 2.24) is 19.9 Å². The first kappa shape index (κ1) is 21.6. The number of fused-ring (bicyclic) bond motifs is 2. The quantitative estimate of drug-likeness (QED) is 0.363. The number of nitrogens with zero attached hydrogens (tertiary/aromatic N) is 3. The third-order valence-corrected chi connectivity index (χ3v) is 6.26. The highest BCUT2D eigenvalue weighted by Crippen LogP contribution is 2.24. The van der Waals surface area contributed by atoms with Gasteiger partial charge in [0.2, 0.25) is 0 Å². The molecule has 1 amide bonds. The number of hydrogen-bond donors (Lipinski definition) is 2. The van der Waals surface area contributed by atoms with Crippen molar-refractivity contribution in [1.29, 1.82) is 0 Å². The Morgan fingerprint density at radius 2 is 1.91 bits per heavy atom. The lowest BCUT2D eigenvalue weighted by Crippen LogP contribution is -2.30. The molecule has 0 saturated carbocycles. The van der Waals surface area contributed by atoms with Crippen molar-refractivity contribution in [3.8, 4) is 0 Å². The number of H-pyrrole nitrogens is 1. The van der Waals surface area contributed by atoms with Crippen LogP contribution in [0.15, 0.2) is 73.1 Å². The Hall–Kier alpha value is -4.19. The molecule has 0 bridgehead atoms. The Labute approximate surface area is 198 Å². The van der Waals surface area contributed by atoms with Gasteiger partial charge in [0.05, 0.1) is 17.8 Å². The van der Waals surface area contributed by atoms with E-state index in [4.69, 9.17) is 5.73 Å². The highest BCUT2D eigenvalue weighted by molar-refractivity contribution is 5.98. The second-order valence-electron chi connectivity index (χ2n) is 8.63. The predicted molar refractivity (Wildman–Crippen MR) is 136 cm³/mol. The number of aryl methyl sites for hydroxylation is 2. The summed E-state index contributed by atoms with van der Waals surface area (Å²) in [5.41, 5.74) is 12.4. The van der Waals surface area contributed by atoms with Crippen molar-refractivity contribution < 1.29 is 4.79 Å². The van der Waals surface area contributed by atoms with Gasteiger partial charge in [0.15, 0.2) is 0 Å². The maximum atomic E-state index is 13.8. The molecule has 0 unspecified atom stereocenters. The summed E-state index contributed by atoms with van der Waals surface area (Å²) in [6.07, 6.45) is 4.80. The Morgan fingerprint density at radius 1 is 1.06 bits per heavy atom. The van der Waals surface area contributed by atoms with Gasteiger partial charge >= 0.3 is 0 Å². The fourth-order valence-corrected chi connectivity index (χ4v) is 4.23. The maximum absolute atomic E-state index is 13.8. The number of aromatic nitrogens is 3. The van der Waals surface area contributed by atoms with Crippen molar-refractivity contribution >= 4 is 33.5 Å². The number of nitrogen functional groups attached to an aromatic ring is 1. The van der Waals surface area contributed by atoms with Gasteiger partial charge in [-0.3, -0.25) is 9.78 Å². The molecule has 5 aromatic rings. The molecule has 3 N–H and O–H groups in total. The third-order valence-electron chi connectivity index (χ3n) is 6.26. The summed E-state index contributed by atoms with van der Waals surface area (Å²) in [5, 5.41) is 2.01. The van der Waals surface area contributed by atoms with Crippen LogP contribution in [0.25, 0.3) is 21.8 Å². The summed E-state index contributed by atoms with van der Waals surface area (Å²) in [4.78, 5) is 28.0. The SMILES string of the molecule is CCc1ccc(CN(Cc2c[nH]c3ccccc23)C(=O)c2ccc3nc(N)c(C)cc3c2)nc1. The van der Waals surface area contributed by atoms with Gasteiger partial charge < -0.3 is 15.6 Å². The molecule has 0 aliphatic heterocycles. The molecule has 0 atom stereocenters. The monoisotopic (exact) mass is 449 g/mol. The summed E-state index contributed by atoms with van der Waals surface area (Å²) in [6, 6.07) is 19.8. The Bertz CT molecular complexity index is 1490. The van der Waals surface area contributed by atoms with E-state index in [1.807, 2.05) is 72.7 Å². The van der Waals surface area contributed by atoms with Crippen molar-refractivity contribution in [3.05, 3.63) is 101 Å². The van der Waals surface area contributed by atoms with E-state index in [9.17, 15) is 4.79 Å². The molecule has 0 radical (unpaired) electrons. The van der Waals surface area contributed by atoms with Gasteiger partial charge in [0.25, 0.3) is 5.91 Å². The number of nitrogens with one attached hydrogen (secondary N) is 1. The lowest BCUT2D eigenvalue weighted by Gasteiger charge is -2.23. The molecule has 170 valence electrons. The molecule has 3 aromatic heterocycles. The van der Waals surface area contributed by atoms with Crippen molar-refractivity contribution in [2.24, 2.45) is 0 Å². The van der Waals surface area contributed by atoms with Crippen LogP contribution in [-0.4, -0.2) is 25.8 Å². The van der Waals surface area contributed by atoms with E-state index in [1.54, 1.807) is 0 Å². The number of pyridine rings is 2. The summed E-state index contributed by atoms with van der Waals surface area (Å²) >= 11 is 0. The minimum absolute atomic E-state index is 0.0528. The van der Waals surface area contributed by atoms with E-state index in [2.05, 4.69) is 34.0 Å².